The lowest BCUT2D eigenvalue weighted by Crippen LogP contribution is -2.53. The van der Waals surface area contributed by atoms with E-state index in [2.05, 4.69) is 20.2 Å². The molecular weight excluding hydrogens is 356 g/mol. The fraction of sp³-hybridized carbons (Fsp3) is 0.333. The molecule has 1 spiro atoms. The maximum absolute atomic E-state index is 12.3. The van der Waals surface area contributed by atoms with Gasteiger partial charge in [-0.3, -0.25) is 0 Å². The number of nitrogens with one attached hydrogen (secondary N) is 2. The highest BCUT2D eigenvalue weighted by atomic mass is 16.5. The minimum Gasteiger partial charge on any atom is -0.465 e. The summed E-state index contributed by atoms with van der Waals surface area (Å²) in [6.45, 7) is 2.88. The third-order valence-corrected chi connectivity index (χ3v) is 5.65. The molecule has 28 heavy (non-hydrogen) atoms. The van der Waals surface area contributed by atoms with Crippen molar-refractivity contribution in [1.82, 2.24) is 15.3 Å². The highest BCUT2D eigenvalue weighted by Crippen LogP contribution is 2.45. The largest absolute Gasteiger partial charge is 0.465 e. The number of piperazine rings is 1. The van der Waals surface area contributed by atoms with Crippen LogP contribution in [0.15, 0.2) is 42.7 Å². The highest BCUT2D eigenvalue weighted by molar-refractivity contribution is 5.93. The Hall–Kier alpha value is -3.06. The smallest absolute Gasteiger partial charge is 0.341 e. The van der Waals surface area contributed by atoms with Gasteiger partial charge in [0.15, 0.2) is 0 Å². The van der Waals surface area contributed by atoms with E-state index in [0.29, 0.717) is 17.1 Å². The fourth-order valence-electron chi connectivity index (χ4n) is 3.98. The number of pyridine rings is 1. The number of aromatic nitrogens is 2. The summed E-state index contributed by atoms with van der Waals surface area (Å²) >= 11 is 0. The van der Waals surface area contributed by atoms with Crippen LogP contribution in [0.2, 0.25) is 0 Å². The van der Waals surface area contributed by atoms with E-state index in [1.165, 1.54) is 20.0 Å². The van der Waals surface area contributed by atoms with Gasteiger partial charge in [-0.2, -0.15) is 0 Å². The molecule has 3 aromatic rings. The molecule has 0 atom stereocenters. The summed E-state index contributed by atoms with van der Waals surface area (Å²) in [6, 6.07) is 9.55. The predicted molar refractivity (Wildman–Crippen MR) is 106 cm³/mol. The van der Waals surface area contributed by atoms with Crippen LogP contribution >= 0.6 is 0 Å². The number of nitrogens with zero attached hydrogens (tertiary/aromatic N) is 2. The molecule has 144 valence electrons. The molecule has 1 aromatic carbocycles. The molecule has 2 aromatic heterocycles. The monoisotopic (exact) mass is 378 g/mol. The first-order valence-corrected chi connectivity index (χ1v) is 9.50. The van der Waals surface area contributed by atoms with Crippen LogP contribution in [-0.4, -0.2) is 48.2 Å². The van der Waals surface area contributed by atoms with Gasteiger partial charge in [-0.05, 0) is 37.1 Å². The van der Waals surface area contributed by atoms with E-state index in [9.17, 15) is 4.79 Å². The van der Waals surface area contributed by atoms with Crippen molar-refractivity contribution in [3.05, 3.63) is 48.3 Å². The fourth-order valence-corrected chi connectivity index (χ4v) is 3.98. The third kappa shape index (κ3) is 2.88. The van der Waals surface area contributed by atoms with Crippen molar-refractivity contribution >= 4 is 22.7 Å². The Morgan fingerprint density at radius 2 is 2.14 bits per heavy atom. The normalized spacial score (nSPS) is 17.7. The van der Waals surface area contributed by atoms with Gasteiger partial charge in [-0.15, -0.1) is 0 Å². The molecule has 2 N–H and O–H groups in total. The molecule has 1 aliphatic heterocycles. The number of benzene rings is 1. The van der Waals surface area contributed by atoms with Gasteiger partial charge in [0.1, 0.15) is 22.7 Å². The maximum atomic E-state index is 12.3. The molecule has 7 nitrogen and oxygen atoms in total. The maximum Gasteiger partial charge on any atom is 0.341 e. The quantitative estimate of drug-likeness (QED) is 0.679. The molecule has 0 amide bonds. The lowest BCUT2D eigenvalue weighted by molar-refractivity contribution is 0.0598. The second kappa shape index (κ2) is 6.53. The number of aromatic amines is 1. The molecule has 5 rings (SSSR count). The summed E-state index contributed by atoms with van der Waals surface area (Å²) < 4.78 is 11.1. The summed E-state index contributed by atoms with van der Waals surface area (Å²) in [6.07, 6.45) is 5.85. The zero-order valence-corrected chi connectivity index (χ0v) is 15.7. The van der Waals surface area contributed by atoms with Crippen LogP contribution in [0, 0.1) is 0 Å². The molecule has 0 bridgehead atoms. The molecule has 1 saturated heterocycles. The number of methoxy groups -OCH3 is 1. The highest BCUT2D eigenvalue weighted by Gasteiger charge is 2.49. The number of carbonyl (C=O) groups excluding carboxylic acids is 1. The molecular formula is C21H22N4O3. The molecule has 2 aliphatic rings. The number of ether oxygens (including phenoxy) is 2. The Bertz CT molecular complexity index is 1040. The van der Waals surface area contributed by atoms with E-state index >= 15 is 0 Å². The summed E-state index contributed by atoms with van der Waals surface area (Å²) in [5.74, 6) is 0.643. The molecule has 7 heteroatoms. The van der Waals surface area contributed by atoms with Gasteiger partial charge < -0.3 is 24.7 Å². The van der Waals surface area contributed by atoms with Gasteiger partial charge in [-0.1, -0.05) is 0 Å². The number of H-pyrrole nitrogens is 1. The van der Waals surface area contributed by atoms with E-state index in [1.54, 1.807) is 12.3 Å². The minimum absolute atomic E-state index is 0.202. The van der Waals surface area contributed by atoms with Gasteiger partial charge in [0.05, 0.1) is 18.8 Å². The second-order valence-corrected chi connectivity index (χ2v) is 7.41. The van der Waals surface area contributed by atoms with Crippen molar-refractivity contribution in [3.63, 3.8) is 0 Å². The van der Waals surface area contributed by atoms with E-state index in [4.69, 9.17) is 9.47 Å². The summed E-state index contributed by atoms with van der Waals surface area (Å²) in [4.78, 5) is 22.1. The SMILES string of the molecule is COC(=O)c1ccc(N2CCNCC23CC3)cc1Oc1cnc2[nH]ccc2c1. The molecule has 0 unspecified atom stereocenters. The van der Waals surface area contributed by atoms with Crippen molar-refractivity contribution in [3.8, 4) is 11.5 Å². The summed E-state index contributed by atoms with van der Waals surface area (Å²) in [5, 5.41) is 4.44. The van der Waals surface area contributed by atoms with E-state index in [-0.39, 0.29) is 5.54 Å². The number of rotatable bonds is 4. The van der Waals surface area contributed by atoms with Crippen LogP contribution in [0.25, 0.3) is 11.0 Å². The Balaban J connectivity index is 1.52. The topological polar surface area (TPSA) is 79.5 Å². The van der Waals surface area contributed by atoms with Crippen LogP contribution in [0.3, 0.4) is 0 Å². The molecule has 0 radical (unpaired) electrons. The van der Waals surface area contributed by atoms with Crippen LogP contribution < -0.4 is 15.0 Å². The van der Waals surface area contributed by atoms with Crippen LogP contribution in [0.4, 0.5) is 5.69 Å². The van der Waals surface area contributed by atoms with Crippen molar-refractivity contribution in [2.45, 2.75) is 18.4 Å². The third-order valence-electron chi connectivity index (χ3n) is 5.65. The first kappa shape index (κ1) is 17.1. The molecule has 1 aliphatic carbocycles. The van der Waals surface area contributed by atoms with Gasteiger partial charge in [-0.25, -0.2) is 9.78 Å². The lowest BCUT2D eigenvalue weighted by atomic mass is 10.1. The van der Waals surface area contributed by atoms with Crippen molar-refractivity contribution in [2.75, 3.05) is 31.6 Å². The summed E-state index contributed by atoms with van der Waals surface area (Å²) in [5.41, 5.74) is 2.47. The Morgan fingerprint density at radius 3 is 2.96 bits per heavy atom. The van der Waals surface area contributed by atoms with Crippen LogP contribution in [-0.2, 0) is 4.74 Å². The summed E-state index contributed by atoms with van der Waals surface area (Å²) in [7, 11) is 1.38. The molecule has 3 heterocycles. The van der Waals surface area contributed by atoms with Crippen molar-refractivity contribution in [2.24, 2.45) is 0 Å². The van der Waals surface area contributed by atoms with Crippen LogP contribution in [0.5, 0.6) is 11.5 Å². The number of hydrogen-bond acceptors (Lipinski definition) is 6. The standard InChI is InChI=1S/C21H22N4O3/c1-27-20(26)17-3-2-15(25-9-8-22-13-21(25)5-6-21)11-18(17)28-16-10-14-4-7-23-19(14)24-12-16/h2-4,7,10-12,22H,5-6,8-9,13H2,1H3,(H,23,24). The Labute approximate surface area is 162 Å². The van der Waals surface area contributed by atoms with Crippen molar-refractivity contribution in [1.29, 1.82) is 0 Å². The first-order chi connectivity index (χ1) is 13.7. The minimum atomic E-state index is -0.418. The average molecular weight is 378 g/mol. The van der Waals surface area contributed by atoms with Gasteiger partial charge in [0, 0.05) is 43.0 Å². The van der Waals surface area contributed by atoms with Gasteiger partial charge in [0.2, 0.25) is 0 Å². The molecule has 1 saturated carbocycles. The van der Waals surface area contributed by atoms with Crippen LogP contribution in [0.1, 0.15) is 23.2 Å². The zero-order chi connectivity index (χ0) is 19.1. The van der Waals surface area contributed by atoms with Gasteiger partial charge >= 0.3 is 5.97 Å². The predicted octanol–water partition coefficient (Wildman–Crippen LogP) is 3.08. The average Bonchev–Trinajstić information content (AvgIpc) is 3.32. The Kier molecular flexibility index (Phi) is 3.98. The van der Waals surface area contributed by atoms with Gasteiger partial charge in [0.25, 0.3) is 0 Å². The van der Waals surface area contributed by atoms with E-state index in [1.807, 2.05) is 30.5 Å². The number of anilines is 1. The second-order valence-electron chi connectivity index (χ2n) is 7.41. The first-order valence-electron chi connectivity index (χ1n) is 9.50. The van der Waals surface area contributed by atoms with Crippen molar-refractivity contribution < 1.29 is 14.3 Å². The molecule has 2 fully saturated rings. The van der Waals surface area contributed by atoms with E-state index in [0.717, 1.165) is 36.4 Å². The number of esters is 1. The number of hydrogen-bond donors (Lipinski definition) is 2. The number of fused-ring (bicyclic) bond motifs is 1. The van der Waals surface area contributed by atoms with E-state index < -0.39 is 5.97 Å². The lowest BCUT2D eigenvalue weighted by Gasteiger charge is -2.39. The Morgan fingerprint density at radius 1 is 1.25 bits per heavy atom. The zero-order valence-electron chi connectivity index (χ0n) is 15.7. The number of carbonyl (C=O) groups is 1.